The summed E-state index contributed by atoms with van der Waals surface area (Å²) in [4.78, 5) is 36.9. The average Bonchev–Trinajstić information content (AvgIpc) is 3.46. The number of benzene rings is 2. The van der Waals surface area contributed by atoms with E-state index in [0.29, 0.717) is 46.9 Å². The van der Waals surface area contributed by atoms with Gasteiger partial charge in [-0.05, 0) is 74.4 Å². The molecule has 5 aromatic rings. The van der Waals surface area contributed by atoms with Crippen LogP contribution in [0.4, 0.5) is 13.6 Å². The maximum atomic E-state index is 15.1. The van der Waals surface area contributed by atoms with E-state index >= 15 is 4.39 Å². The van der Waals surface area contributed by atoms with Crippen molar-refractivity contribution in [3.05, 3.63) is 107 Å². The number of Topliss-reactive ketones (excluding diaryl/α,β-unsaturated/α-hetero) is 1. The van der Waals surface area contributed by atoms with Crippen molar-refractivity contribution in [1.82, 2.24) is 14.9 Å². The summed E-state index contributed by atoms with van der Waals surface area (Å²) in [5.74, 6) is -0.995. The fourth-order valence-electron chi connectivity index (χ4n) is 4.53. The quantitative estimate of drug-likeness (QED) is 0.134. The lowest BCUT2D eigenvalue weighted by Crippen LogP contribution is -2.38. The number of amides is 1. The maximum absolute atomic E-state index is 15.1. The molecule has 2 aromatic carbocycles. The number of hydrogen-bond donors (Lipinski definition) is 0. The molecule has 238 valence electrons. The highest BCUT2D eigenvalue weighted by atomic mass is 32.1. The van der Waals surface area contributed by atoms with Crippen LogP contribution in [0.5, 0.6) is 11.5 Å². The molecule has 5 rings (SSSR count). The Balaban J connectivity index is 1.30. The molecule has 11 heteroatoms. The highest BCUT2D eigenvalue weighted by Crippen LogP contribution is 2.39. The van der Waals surface area contributed by atoms with Gasteiger partial charge in [-0.3, -0.25) is 14.8 Å². The van der Waals surface area contributed by atoms with Gasteiger partial charge in [0.2, 0.25) is 0 Å². The van der Waals surface area contributed by atoms with Gasteiger partial charge in [0.25, 0.3) is 0 Å². The number of hydrogen-bond acceptors (Lipinski definition) is 8. The van der Waals surface area contributed by atoms with Crippen molar-refractivity contribution in [2.45, 2.75) is 39.3 Å². The van der Waals surface area contributed by atoms with Crippen LogP contribution in [0.1, 0.15) is 42.3 Å². The third-order valence-electron chi connectivity index (χ3n) is 6.80. The van der Waals surface area contributed by atoms with Crippen molar-refractivity contribution in [2.75, 3.05) is 20.3 Å². The first-order chi connectivity index (χ1) is 22.0. The zero-order chi connectivity index (χ0) is 32.8. The fraction of sp³-hybridized carbons (Fsp3) is 0.257. The summed E-state index contributed by atoms with van der Waals surface area (Å²) in [7, 11) is 1.58. The zero-order valence-corrected chi connectivity index (χ0v) is 26.7. The second kappa shape index (κ2) is 14.1. The number of aromatic nitrogens is 2. The van der Waals surface area contributed by atoms with Crippen LogP contribution < -0.4 is 4.74 Å². The Morgan fingerprint density at radius 1 is 0.913 bits per heavy atom. The zero-order valence-electron chi connectivity index (χ0n) is 25.9. The van der Waals surface area contributed by atoms with Crippen molar-refractivity contribution in [2.24, 2.45) is 0 Å². The average molecular weight is 646 g/mol. The minimum atomic E-state index is -0.685. The molecule has 8 nitrogen and oxygen atoms in total. The molecule has 0 aliphatic rings. The van der Waals surface area contributed by atoms with Crippen LogP contribution in [0.2, 0.25) is 0 Å². The molecule has 0 saturated heterocycles. The standard InChI is InChI=1S/C35H33F2N3O5S/c1-35(2,3)45-34(42)40(15-16-43-4)21-23-7-11-27(39-20-23)32-19-28-33(46-32)31(13-14-38-28)44-30-12-8-24(18-26(30)37)29(41)17-22-5-9-25(36)10-6-22/h5-14,18-20H,15-17,21H2,1-4H3. The fourth-order valence-corrected chi connectivity index (χ4v) is 5.58. The van der Waals surface area contributed by atoms with E-state index in [1.807, 2.05) is 39.0 Å². The third-order valence-corrected chi connectivity index (χ3v) is 7.96. The summed E-state index contributed by atoms with van der Waals surface area (Å²) in [6.45, 7) is 6.50. The number of thiophene rings is 1. The topological polar surface area (TPSA) is 90.9 Å². The molecule has 1 amide bonds. The Morgan fingerprint density at radius 3 is 2.35 bits per heavy atom. The monoisotopic (exact) mass is 645 g/mol. The number of nitrogens with zero attached hydrogens (tertiary/aromatic N) is 3. The Bertz CT molecular complexity index is 1840. The van der Waals surface area contributed by atoms with Crippen LogP contribution >= 0.6 is 11.3 Å². The Kier molecular flexibility index (Phi) is 10.0. The number of ether oxygens (including phenoxy) is 3. The van der Waals surface area contributed by atoms with Gasteiger partial charge in [0.1, 0.15) is 17.2 Å². The van der Waals surface area contributed by atoms with Crippen LogP contribution in [0.3, 0.4) is 0 Å². The van der Waals surface area contributed by atoms with Crippen LogP contribution in [0.25, 0.3) is 20.8 Å². The largest absolute Gasteiger partial charge is 0.453 e. The molecule has 0 saturated carbocycles. The molecule has 0 unspecified atom stereocenters. The molecule has 0 aliphatic heterocycles. The normalized spacial score (nSPS) is 11.4. The van der Waals surface area contributed by atoms with Gasteiger partial charge in [0, 0.05) is 44.1 Å². The third kappa shape index (κ3) is 8.29. The van der Waals surface area contributed by atoms with Gasteiger partial charge in [0.05, 0.1) is 33.9 Å². The highest BCUT2D eigenvalue weighted by molar-refractivity contribution is 7.22. The van der Waals surface area contributed by atoms with Crippen LogP contribution in [-0.4, -0.2) is 52.6 Å². The summed E-state index contributed by atoms with van der Waals surface area (Å²) < 4.78 is 45.6. The van der Waals surface area contributed by atoms with E-state index < -0.39 is 23.3 Å². The molecular weight excluding hydrogens is 612 g/mol. The van der Waals surface area contributed by atoms with Crippen LogP contribution in [0.15, 0.2) is 79.1 Å². The first kappa shape index (κ1) is 32.6. The van der Waals surface area contributed by atoms with Crippen molar-refractivity contribution in [1.29, 1.82) is 0 Å². The van der Waals surface area contributed by atoms with Crippen molar-refractivity contribution < 1.29 is 32.6 Å². The highest BCUT2D eigenvalue weighted by Gasteiger charge is 2.22. The van der Waals surface area contributed by atoms with Gasteiger partial charge in [-0.2, -0.15) is 0 Å². The Hall–Kier alpha value is -4.74. The smallest absolute Gasteiger partial charge is 0.410 e. The molecule has 3 heterocycles. The van der Waals surface area contributed by atoms with Crippen molar-refractivity contribution in [3.8, 4) is 22.1 Å². The molecule has 0 aliphatic carbocycles. The predicted octanol–water partition coefficient (Wildman–Crippen LogP) is 8.24. The number of carbonyl (C=O) groups is 2. The van der Waals surface area contributed by atoms with Gasteiger partial charge >= 0.3 is 6.09 Å². The van der Waals surface area contributed by atoms with Crippen molar-refractivity contribution >= 4 is 33.4 Å². The number of fused-ring (bicyclic) bond motifs is 1. The number of methoxy groups -OCH3 is 1. The van der Waals surface area contributed by atoms with E-state index in [2.05, 4.69) is 9.97 Å². The number of halogens is 2. The van der Waals surface area contributed by atoms with Gasteiger partial charge in [-0.15, -0.1) is 11.3 Å². The number of rotatable bonds is 11. The lowest BCUT2D eigenvalue weighted by molar-refractivity contribution is 0.0183. The number of pyridine rings is 2. The predicted molar refractivity (Wildman–Crippen MR) is 172 cm³/mol. The van der Waals surface area contributed by atoms with E-state index in [0.717, 1.165) is 16.5 Å². The second-order valence-corrected chi connectivity index (χ2v) is 12.6. The Labute approximate surface area is 269 Å². The molecular formula is C35H33F2N3O5S. The van der Waals surface area contributed by atoms with E-state index in [9.17, 15) is 14.0 Å². The minimum Gasteiger partial charge on any atom is -0.453 e. The van der Waals surface area contributed by atoms with Gasteiger partial charge in [-0.25, -0.2) is 13.6 Å². The van der Waals surface area contributed by atoms with Crippen molar-refractivity contribution in [3.63, 3.8) is 0 Å². The molecule has 0 atom stereocenters. The second-order valence-electron chi connectivity index (χ2n) is 11.6. The van der Waals surface area contributed by atoms with Gasteiger partial charge in [0.15, 0.2) is 17.3 Å². The molecule has 3 aromatic heterocycles. The van der Waals surface area contributed by atoms with Gasteiger partial charge < -0.3 is 19.1 Å². The van der Waals surface area contributed by atoms with Gasteiger partial charge in [-0.1, -0.05) is 18.2 Å². The van der Waals surface area contributed by atoms with E-state index in [-0.39, 0.29) is 23.5 Å². The summed E-state index contributed by atoms with van der Waals surface area (Å²) in [6.07, 6.45) is 2.88. The summed E-state index contributed by atoms with van der Waals surface area (Å²) in [6, 6.07) is 17.0. The lowest BCUT2D eigenvalue weighted by Gasteiger charge is -2.27. The summed E-state index contributed by atoms with van der Waals surface area (Å²) >= 11 is 1.40. The van der Waals surface area contributed by atoms with E-state index in [1.165, 1.54) is 47.7 Å². The molecule has 0 N–H and O–H groups in total. The van der Waals surface area contributed by atoms with Crippen LogP contribution in [0, 0.1) is 11.6 Å². The Morgan fingerprint density at radius 2 is 1.67 bits per heavy atom. The van der Waals surface area contributed by atoms with E-state index in [4.69, 9.17) is 14.2 Å². The number of carbonyl (C=O) groups excluding carboxylic acids is 2. The maximum Gasteiger partial charge on any atom is 0.410 e. The molecule has 46 heavy (non-hydrogen) atoms. The minimum absolute atomic E-state index is 0.0215. The van der Waals surface area contributed by atoms with E-state index in [1.54, 1.807) is 30.5 Å². The molecule has 0 bridgehead atoms. The number of ketones is 1. The molecule has 0 spiro atoms. The molecule has 0 fully saturated rings. The lowest BCUT2D eigenvalue weighted by atomic mass is 10.0. The first-order valence-electron chi connectivity index (χ1n) is 14.5. The first-order valence-corrected chi connectivity index (χ1v) is 15.4. The summed E-state index contributed by atoms with van der Waals surface area (Å²) in [5.41, 5.74) is 2.38. The van der Waals surface area contributed by atoms with Crippen LogP contribution in [-0.2, 0) is 22.4 Å². The SMILES string of the molecule is COCCN(Cc1ccc(-c2cc3nccc(Oc4ccc(C(=O)Cc5ccc(F)cc5)cc4F)c3s2)nc1)C(=O)OC(C)(C)C. The summed E-state index contributed by atoms with van der Waals surface area (Å²) in [5, 5.41) is 0. The molecule has 0 radical (unpaired) electrons.